The minimum absolute atomic E-state index is 0.0185. The summed E-state index contributed by atoms with van der Waals surface area (Å²) in [6, 6.07) is 7.39. The van der Waals surface area contributed by atoms with Crippen LogP contribution in [0.5, 0.6) is 0 Å². The van der Waals surface area contributed by atoms with Gasteiger partial charge in [-0.1, -0.05) is 28.1 Å². The maximum atomic E-state index is 11.7. The van der Waals surface area contributed by atoms with Crippen LogP contribution >= 0.6 is 15.9 Å². The second kappa shape index (κ2) is 5.39. The van der Waals surface area contributed by atoms with Crippen LogP contribution in [0.15, 0.2) is 28.7 Å². The van der Waals surface area contributed by atoms with Crippen molar-refractivity contribution >= 4 is 27.9 Å². The number of amides is 2. The van der Waals surface area contributed by atoms with Crippen molar-refractivity contribution in [3.05, 3.63) is 34.3 Å². The van der Waals surface area contributed by atoms with E-state index in [9.17, 15) is 9.59 Å². The molecule has 6 heteroatoms. The molecule has 1 unspecified atom stereocenters. The van der Waals surface area contributed by atoms with Crippen molar-refractivity contribution in [3.63, 3.8) is 0 Å². The van der Waals surface area contributed by atoms with Crippen molar-refractivity contribution in [1.29, 1.82) is 0 Å². The third-order valence-corrected chi connectivity index (χ3v) is 3.34. The Morgan fingerprint density at radius 3 is 2.78 bits per heavy atom. The lowest BCUT2D eigenvalue weighted by atomic mass is 10.1. The predicted molar refractivity (Wildman–Crippen MR) is 69.0 cm³/mol. The first-order chi connectivity index (χ1) is 8.60. The van der Waals surface area contributed by atoms with E-state index in [0.29, 0.717) is 6.54 Å². The monoisotopic (exact) mass is 312 g/mol. The zero-order valence-electron chi connectivity index (χ0n) is 9.85. The zero-order chi connectivity index (χ0) is 13.1. The maximum Gasteiger partial charge on any atom is 0.325 e. The van der Waals surface area contributed by atoms with Gasteiger partial charge in [0.1, 0.15) is 6.54 Å². The fourth-order valence-electron chi connectivity index (χ4n) is 1.83. The number of urea groups is 1. The minimum atomic E-state index is -0.415. The van der Waals surface area contributed by atoms with E-state index in [1.54, 1.807) is 0 Å². The van der Waals surface area contributed by atoms with Gasteiger partial charge in [0.25, 0.3) is 0 Å². The van der Waals surface area contributed by atoms with Gasteiger partial charge in [-0.15, -0.1) is 0 Å². The Morgan fingerprint density at radius 2 is 2.17 bits per heavy atom. The van der Waals surface area contributed by atoms with Crippen LogP contribution in [0, 0.1) is 0 Å². The van der Waals surface area contributed by atoms with E-state index in [4.69, 9.17) is 0 Å². The van der Waals surface area contributed by atoms with Crippen LogP contribution in [0.2, 0.25) is 0 Å². The standard InChI is InChI=1S/C12H13BrN2O3/c1-18-11(16)7-15-6-10(14-12(15)17)8-2-4-9(13)5-3-8/h2-5,10H,6-7H2,1H3,(H,14,17). The largest absolute Gasteiger partial charge is 0.468 e. The van der Waals surface area contributed by atoms with Gasteiger partial charge in [-0.05, 0) is 17.7 Å². The van der Waals surface area contributed by atoms with Crippen LogP contribution in [0.1, 0.15) is 11.6 Å². The lowest BCUT2D eigenvalue weighted by Gasteiger charge is -2.12. The number of hydrogen-bond donors (Lipinski definition) is 1. The summed E-state index contributed by atoms with van der Waals surface area (Å²) in [6.45, 7) is 0.449. The lowest BCUT2D eigenvalue weighted by molar-refractivity contribution is -0.141. The first kappa shape index (κ1) is 12.9. The fraction of sp³-hybridized carbons (Fsp3) is 0.333. The van der Waals surface area contributed by atoms with Crippen molar-refractivity contribution < 1.29 is 14.3 Å². The molecular weight excluding hydrogens is 300 g/mol. The number of nitrogens with zero attached hydrogens (tertiary/aromatic N) is 1. The van der Waals surface area contributed by atoms with Gasteiger partial charge < -0.3 is 15.0 Å². The van der Waals surface area contributed by atoms with Crippen molar-refractivity contribution in [2.75, 3.05) is 20.2 Å². The molecule has 2 amide bonds. The minimum Gasteiger partial charge on any atom is -0.468 e. The van der Waals surface area contributed by atoms with E-state index >= 15 is 0 Å². The van der Waals surface area contributed by atoms with E-state index in [1.165, 1.54) is 12.0 Å². The zero-order valence-corrected chi connectivity index (χ0v) is 11.4. The first-order valence-corrected chi connectivity index (χ1v) is 6.27. The molecule has 18 heavy (non-hydrogen) atoms. The van der Waals surface area contributed by atoms with Gasteiger partial charge >= 0.3 is 12.0 Å². The maximum absolute atomic E-state index is 11.7. The summed E-state index contributed by atoms with van der Waals surface area (Å²) >= 11 is 3.36. The highest BCUT2D eigenvalue weighted by Crippen LogP contribution is 2.21. The van der Waals surface area contributed by atoms with Crippen LogP contribution in [0.25, 0.3) is 0 Å². The van der Waals surface area contributed by atoms with Crippen LogP contribution in [0.4, 0.5) is 4.79 Å². The molecule has 0 aliphatic carbocycles. The number of esters is 1. The number of carbonyl (C=O) groups excluding carboxylic acids is 2. The molecule has 1 heterocycles. The molecule has 1 aromatic rings. The molecule has 1 saturated heterocycles. The summed E-state index contributed by atoms with van der Waals surface area (Å²) < 4.78 is 5.54. The number of halogens is 1. The molecule has 1 aliphatic heterocycles. The molecule has 5 nitrogen and oxygen atoms in total. The summed E-state index contributed by atoms with van der Waals surface area (Å²) in [7, 11) is 1.31. The van der Waals surface area contributed by atoms with Gasteiger partial charge in [0.15, 0.2) is 0 Å². The van der Waals surface area contributed by atoms with E-state index in [-0.39, 0.29) is 18.6 Å². The molecule has 0 radical (unpaired) electrons. The van der Waals surface area contributed by atoms with Gasteiger partial charge in [0, 0.05) is 11.0 Å². The van der Waals surface area contributed by atoms with Gasteiger partial charge in [0.2, 0.25) is 0 Å². The Labute approximate surface area is 113 Å². The number of rotatable bonds is 3. The van der Waals surface area contributed by atoms with E-state index in [2.05, 4.69) is 26.0 Å². The summed E-state index contributed by atoms with van der Waals surface area (Å²) in [6.07, 6.45) is 0. The Bertz CT molecular complexity index is 461. The fourth-order valence-corrected chi connectivity index (χ4v) is 2.09. The molecule has 0 spiro atoms. The number of ether oxygens (including phenoxy) is 1. The normalized spacial score (nSPS) is 18.7. The average molecular weight is 313 g/mol. The second-order valence-corrected chi connectivity index (χ2v) is 4.93. The number of hydrogen-bond acceptors (Lipinski definition) is 3. The van der Waals surface area contributed by atoms with Gasteiger partial charge in [-0.3, -0.25) is 4.79 Å². The molecular formula is C12H13BrN2O3. The van der Waals surface area contributed by atoms with Gasteiger partial charge in [-0.25, -0.2) is 4.79 Å². The lowest BCUT2D eigenvalue weighted by Crippen LogP contribution is -2.33. The number of carbonyl (C=O) groups is 2. The third-order valence-electron chi connectivity index (χ3n) is 2.81. The highest BCUT2D eigenvalue weighted by atomic mass is 79.9. The Kier molecular flexibility index (Phi) is 3.86. The predicted octanol–water partition coefficient (Wildman–Crippen LogP) is 1.69. The highest BCUT2D eigenvalue weighted by molar-refractivity contribution is 9.10. The van der Waals surface area contributed by atoms with Crippen LogP contribution in [-0.4, -0.2) is 37.1 Å². The van der Waals surface area contributed by atoms with E-state index < -0.39 is 5.97 Å². The highest BCUT2D eigenvalue weighted by Gasteiger charge is 2.30. The number of benzene rings is 1. The SMILES string of the molecule is COC(=O)CN1CC(c2ccc(Br)cc2)NC1=O. The van der Waals surface area contributed by atoms with Gasteiger partial charge in [0.05, 0.1) is 13.2 Å². The summed E-state index contributed by atoms with van der Waals surface area (Å²) in [4.78, 5) is 24.3. The molecule has 1 fully saturated rings. The summed E-state index contributed by atoms with van der Waals surface area (Å²) in [5, 5.41) is 2.83. The quantitative estimate of drug-likeness (QED) is 0.864. The van der Waals surface area contributed by atoms with Gasteiger partial charge in [-0.2, -0.15) is 0 Å². The summed E-state index contributed by atoms with van der Waals surface area (Å²) in [5.41, 5.74) is 1.01. The Balaban J connectivity index is 2.04. The van der Waals surface area contributed by atoms with Crippen LogP contribution < -0.4 is 5.32 Å². The molecule has 1 N–H and O–H groups in total. The molecule has 0 aromatic heterocycles. The first-order valence-electron chi connectivity index (χ1n) is 5.48. The molecule has 0 saturated carbocycles. The topological polar surface area (TPSA) is 58.6 Å². The molecule has 1 aliphatic rings. The molecule has 96 valence electrons. The van der Waals surface area contributed by atoms with Crippen molar-refractivity contribution in [1.82, 2.24) is 10.2 Å². The smallest absolute Gasteiger partial charge is 0.325 e. The third kappa shape index (κ3) is 2.81. The van der Waals surface area contributed by atoms with Crippen molar-refractivity contribution in [2.24, 2.45) is 0 Å². The number of nitrogens with one attached hydrogen (secondary N) is 1. The van der Waals surface area contributed by atoms with Crippen molar-refractivity contribution in [2.45, 2.75) is 6.04 Å². The van der Waals surface area contributed by atoms with E-state index in [1.807, 2.05) is 24.3 Å². The number of methoxy groups -OCH3 is 1. The molecule has 1 aromatic carbocycles. The van der Waals surface area contributed by atoms with Crippen molar-refractivity contribution in [3.8, 4) is 0 Å². The van der Waals surface area contributed by atoms with Crippen LogP contribution in [0.3, 0.4) is 0 Å². The van der Waals surface area contributed by atoms with E-state index in [0.717, 1.165) is 10.0 Å². The Morgan fingerprint density at radius 1 is 1.50 bits per heavy atom. The molecule has 1 atom stereocenters. The molecule has 0 bridgehead atoms. The summed E-state index contributed by atoms with van der Waals surface area (Å²) in [5.74, 6) is -0.415. The molecule has 2 rings (SSSR count). The average Bonchev–Trinajstić information content (AvgIpc) is 2.71. The van der Waals surface area contributed by atoms with Crippen LogP contribution in [-0.2, 0) is 9.53 Å². The second-order valence-electron chi connectivity index (χ2n) is 4.01. The Hall–Kier alpha value is -1.56.